The molecule has 1 amide bonds. The topological polar surface area (TPSA) is 63.2 Å². The molecule has 0 bridgehead atoms. The van der Waals surface area contributed by atoms with Gasteiger partial charge in [-0.15, -0.1) is 0 Å². The number of carbonyl (C=O) groups is 1. The zero-order chi connectivity index (χ0) is 8.20. The van der Waals surface area contributed by atoms with Crippen LogP contribution in [0.25, 0.3) is 0 Å². The SMILES string of the molecule is C=CS(=O)(=O)NC(=O)CC. The largest absolute Gasteiger partial charge is 0.274 e. The van der Waals surface area contributed by atoms with Crippen LogP contribution in [0.1, 0.15) is 13.3 Å². The van der Waals surface area contributed by atoms with Crippen LogP contribution in [-0.2, 0) is 14.8 Å². The van der Waals surface area contributed by atoms with Crippen molar-refractivity contribution in [3.63, 3.8) is 0 Å². The fraction of sp³-hybridized carbons (Fsp3) is 0.400. The fourth-order valence-electron chi connectivity index (χ4n) is 0.273. The minimum atomic E-state index is -3.57. The third kappa shape index (κ3) is 3.24. The Morgan fingerprint density at radius 2 is 2.20 bits per heavy atom. The molecule has 0 radical (unpaired) electrons. The number of rotatable bonds is 3. The molecule has 0 rings (SSSR count). The van der Waals surface area contributed by atoms with Crippen molar-refractivity contribution in [3.05, 3.63) is 12.0 Å². The highest BCUT2D eigenvalue weighted by atomic mass is 32.2. The number of amides is 1. The predicted molar refractivity (Wildman–Crippen MR) is 37.6 cm³/mol. The molecule has 58 valence electrons. The van der Waals surface area contributed by atoms with E-state index in [1.165, 1.54) is 0 Å². The summed E-state index contributed by atoms with van der Waals surface area (Å²) in [6, 6.07) is 0. The maximum absolute atomic E-state index is 10.5. The van der Waals surface area contributed by atoms with Crippen LogP contribution in [0.4, 0.5) is 0 Å². The first-order valence-corrected chi connectivity index (χ1v) is 4.24. The summed E-state index contributed by atoms with van der Waals surface area (Å²) >= 11 is 0. The van der Waals surface area contributed by atoms with E-state index in [9.17, 15) is 13.2 Å². The van der Waals surface area contributed by atoms with Crippen LogP contribution in [0.2, 0.25) is 0 Å². The van der Waals surface area contributed by atoms with Gasteiger partial charge in [0.15, 0.2) is 0 Å². The summed E-state index contributed by atoms with van der Waals surface area (Å²) in [6.07, 6.45) is 0.146. The minimum absolute atomic E-state index is 0.146. The van der Waals surface area contributed by atoms with Crippen LogP contribution in [-0.4, -0.2) is 14.3 Å². The number of hydrogen-bond donors (Lipinski definition) is 1. The van der Waals surface area contributed by atoms with Crippen LogP contribution in [0, 0.1) is 0 Å². The summed E-state index contributed by atoms with van der Waals surface area (Å²) in [5.41, 5.74) is 0. The highest BCUT2D eigenvalue weighted by Gasteiger charge is 2.06. The van der Waals surface area contributed by atoms with Crippen LogP contribution in [0.3, 0.4) is 0 Å². The molecule has 0 aromatic heterocycles. The maximum atomic E-state index is 10.5. The number of carbonyl (C=O) groups excluding carboxylic acids is 1. The van der Waals surface area contributed by atoms with Gasteiger partial charge in [-0.3, -0.25) is 4.79 Å². The molecule has 5 heteroatoms. The van der Waals surface area contributed by atoms with Crippen molar-refractivity contribution in [2.24, 2.45) is 0 Å². The van der Waals surface area contributed by atoms with Gasteiger partial charge in [-0.2, -0.15) is 0 Å². The monoisotopic (exact) mass is 163 g/mol. The summed E-state index contributed by atoms with van der Waals surface area (Å²) in [7, 11) is -3.57. The molecule has 0 aliphatic heterocycles. The van der Waals surface area contributed by atoms with E-state index in [-0.39, 0.29) is 6.42 Å². The molecule has 0 saturated carbocycles. The molecule has 0 atom stereocenters. The molecular weight excluding hydrogens is 154 g/mol. The van der Waals surface area contributed by atoms with E-state index in [1.54, 1.807) is 11.6 Å². The van der Waals surface area contributed by atoms with Crippen LogP contribution in [0.5, 0.6) is 0 Å². The zero-order valence-electron chi connectivity index (χ0n) is 5.62. The van der Waals surface area contributed by atoms with E-state index >= 15 is 0 Å². The summed E-state index contributed by atoms with van der Waals surface area (Å²) in [5, 5.41) is 0.695. The molecule has 0 fully saturated rings. The lowest BCUT2D eigenvalue weighted by Gasteiger charge is -1.97. The molecule has 1 N–H and O–H groups in total. The summed E-state index contributed by atoms with van der Waals surface area (Å²) in [5.74, 6) is -0.528. The molecule has 0 saturated heterocycles. The predicted octanol–water partition coefficient (Wildman–Crippen LogP) is -0.0141. The van der Waals surface area contributed by atoms with E-state index < -0.39 is 15.9 Å². The van der Waals surface area contributed by atoms with E-state index in [1.807, 2.05) is 0 Å². The Bertz CT molecular complexity index is 229. The van der Waals surface area contributed by atoms with E-state index in [0.29, 0.717) is 5.41 Å². The Hall–Kier alpha value is -0.840. The van der Waals surface area contributed by atoms with Gasteiger partial charge in [-0.1, -0.05) is 13.5 Å². The Morgan fingerprint density at radius 3 is 2.50 bits per heavy atom. The second-order valence-corrected chi connectivity index (χ2v) is 3.22. The van der Waals surface area contributed by atoms with Crippen molar-refractivity contribution in [1.29, 1.82) is 0 Å². The molecule has 10 heavy (non-hydrogen) atoms. The third-order valence-electron chi connectivity index (χ3n) is 0.797. The molecular formula is C5H9NO3S. The lowest BCUT2D eigenvalue weighted by atomic mass is 10.5. The van der Waals surface area contributed by atoms with Crippen molar-refractivity contribution in [1.82, 2.24) is 4.72 Å². The molecule has 0 heterocycles. The summed E-state index contributed by atoms with van der Waals surface area (Å²) in [4.78, 5) is 10.4. The van der Waals surface area contributed by atoms with E-state index in [4.69, 9.17) is 0 Å². The smallest absolute Gasteiger partial charge is 0.256 e. The molecule has 0 spiro atoms. The van der Waals surface area contributed by atoms with Crippen molar-refractivity contribution < 1.29 is 13.2 Å². The molecule has 0 unspecified atom stereocenters. The van der Waals surface area contributed by atoms with Crippen LogP contribution in [0.15, 0.2) is 12.0 Å². The number of sulfonamides is 1. The van der Waals surface area contributed by atoms with Gasteiger partial charge in [0.1, 0.15) is 0 Å². The fourth-order valence-corrected chi connectivity index (χ4v) is 0.818. The lowest BCUT2D eigenvalue weighted by Crippen LogP contribution is -2.27. The van der Waals surface area contributed by atoms with Gasteiger partial charge in [-0.25, -0.2) is 13.1 Å². The second kappa shape index (κ2) is 3.36. The van der Waals surface area contributed by atoms with Gasteiger partial charge in [0, 0.05) is 11.8 Å². The van der Waals surface area contributed by atoms with Crippen LogP contribution < -0.4 is 4.72 Å². The highest BCUT2D eigenvalue weighted by molar-refractivity contribution is 7.92. The molecule has 0 aromatic rings. The van der Waals surface area contributed by atoms with E-state index in [0.717, 1.165) is 0 Å². The van der Waals surface area contributed by atoms with Gasteiger partial charge in [0.25, 0.3) is 10.0 Å². The molecule has 0 aromatic carbocycles. The molecule has 4 nitrogen and oxygen atoms in total. The van der Waals surface area contributed by atoms with Crippen molar-refractivity contribution >= 4 is 15.9 Å². The number of hydrogen-bond acceptors (Lipinski definition) is 3. The highest BCUT2D eigenvalue weighted by Crippen LogP contribution is 1.85. The average molecular weight is 163 g/mol. The third-order valence-corrected chi connectivity index (χ3v) is 1.75. The molecule has 0 aliphatic carbocycles. The maximum Gasteiger partial charge on any atom is 0.256 e. The molecule has 0 aliphatic rings. The van der Waals surface area contributed by atoms with Gasteiger partial charge in [-0.05, 0) is 0 Å². The Balaban J connectivity index is 4.17. The van der Waals surface area contributed by atoms with Crippen molar-refractivity contribution in [2.75, 3.05) is 0 Å². The summed E-state index contributed by atoms with van der Waals surface area (Å²) in [6.45, 7) is 4.58. The first-order chi connectivity index (χ1) is 4.52. The second-order valence-electron chi connectivity index (χ2n) is 1.59. The standard InChI is InChI=1S/C5H9NO3S/c1-3-5(7)6-10(8,9)4-2/h4H,2-3H2,1H3,(H,6,7). The van der Waals surface area contributed by atoms with Crippen molar-refractivity contribution in [3.8, 4) is 0 Å². The van der Waals surface area contributed by atoms with Gasteiger partial charge in [0.2, 0.25) is 5.91 Å². The normalized spacial score (nSPS) is 10.5. The van der Waals surface area contributed by atoms with E-state index in [2.05, 4.69) is 6.58 Å². The Morgan fingerprint density at radius 1 is 1.70 bits per heavy atom. The van der Waals surface area contributed by atoms with Crippen molar-refractivity contribution in [2.45, 2.75) is 13.3 Å². The minimum Gasteiger partial charge on any atom is -0.274 e. The van der Waals surface area contributed by atoms with Gasteiger partial charge >= 0.3 is 0 Å². The van der Waals surface area contributed by atoms with Gasteiger partial charge in [0.05, 0.1) is 0 Å². The number of nitrogens with one attached hydrogen (secondary N) is 1. The Kier molecular flexibility index (Phi) is 3.08. The first kappa shape index (κ1) is 9.16. The van der Waals surface area contributed by atoms with Gasteiger partial charge < -0.3 is 0 Å². The average Bonchev–Trinajstić information content (AvgIpc) is 1.87. The van der Waals surface area contributed by atoms with Crippen LogP contribution >= 0.6 is 0 Å². The Labute approximate surface area is 60.0 Å². The lowest BCUT2D eigenvalue weighted by molar-refractivity contribution is -0.119. The summed E-state index contributed by atoms with van der Waals surface area (Å²) < 4.78 is 22.8. The quantitative estimate of drug-likeness (QED) is 0.636. The zero-order valence-corrected chi connectivity index (χ0v) is 6.44. The first-order valence-electron chi connectivity index (χ1n) is 2.70.